The van der Waals surface area contributed by atoms with Crippen LogP contribution in [0.4, 0.5) is 5.69 Å². The van der Waals surface area contributed by atoms with Crippen molar-refractivity contribution in [3.05, 3.63) is 28.8 Å². The molecule has 0 bridgehead atoms. The van der Waals surface area contributed by atoms with Gasteiger partial charge in [0.1, 0.15) is 0 Å². The van der Waals surface area contributed by atoms with Crippen molar-refractivity contribution in [2.75, 3.05) is 11.4 Å². The summed E-state index contributed by atoms with van der Waals surface area (Å²) in [5.74, 6) is 0.830. The Morgan fingerprint density at radius 1 is 1.41 bits per heavy atom. The summed E-state index contributed by atoms with van der Waals surface area (Å²) >= 11 is 9.94. The van der Waals surface area contributed by atoms with Crippen LogP contribution >= 0.6 is 27.5 Å². The Morgan fingerprint density at radius 2 is 2.18 bits per heavy atom. The first-order valence-corrected chi connectivity index (χ1v) is 7.73. The third kappa shape index (κ3) is 2.79. The van der Waals surface area contributed by atoms with Crippen LogP contribution in [-0.4, -0.2) is 12.6 Å². The van der Waals surface area contributed by atoms with E-state index in [-0.39, 0.29) is 0 Å². The molecule has 2 rings (SSSR count). The van der Waals surface area contributed by atoms with Crippen LogP contribution in [0.2, 0.25) is 5.02 Å². The number of anilines is 1. The van der Waals surface area contributed by atoms with Crippen LogP contribution in [0.15, 0.2) is 18.2 Å². The standard InChI is InChI=1S/C14H19BrClN/c1-10-6-7-17(11(2)8-10)14-12(9-15)4-3-5-13(14)16/h3-5,10-11H,6-9H2,1-2H3. The van der Waals surface area contributed by atoms with Gasteiger partial charge in [0.25, 0.3) is 0 Å². The van der Waals surface area contributed by atoms with E-state index < -0.39 is 0 Å². The third-order valence-electron chi connectivity index (χ3n) is 3.64. The van der Waals surface area contributed by atoms with E-state index in [1.165, 1.54) is 24.1 Å². The minimum atomic E-state index is 0.580. The Morgan fingerprint density at radius 3 is 2.82 bits per heavy atom. The lowest BCUT2D eigenvalue weighted by Gasteiger charge is -2.39. The minimum Gasteiger partial charge on any atom is -0.367 e. The van der Waals surface area contributed by atoms with E-state index in [9.17, 15) is 0 Å². The molecule has 0 aromatic heterocycles. The van der Waals surface area contributed by atoms with Crippen LogP contribution in [0.3, 0.4) is 0 Å². The fourth-order valence-electron chi connectivity index (χ4n) is 2.73. The minimum absolute atomic E-state index is 0.580. The van der Waals surface area contributed by atoms with Crippen LogP contribution in [0.25, 0.3) is 0 Å². The molecule has 1 saturated heterocycles. The van der Waals surface area contributed by atoms with Gasteiger partial charge in [0.05, 0.1) is 10.7 Å². The van der Waals surface area contributed by atoms with Crippen molar-refractivity contribution in [1.82, 2.24) is 0 Å². The second-order valence-electron chi connectivity index (χ2n) is 5.05. The lowest BCUT2D eigenvalue weighted by atomic mass is 9.92. The SMILES string of the molecule is CC1CCN(c2c(Cl)cccc2CBr)C(C)C1. The van der Waals surface area contributed by atoms with E-state index in [1.807, 2.05) is 12.1 Å². The van der Waals surface area contributed by atoms with Crippen LogP contribution in [0, 0.1) is 5.92 Å². The van der Waals surface area contributed by atoms with E-state index in [0.717, 1.165) is 22.8 Å². The summed E-state index contributed by atoms with van der Waals surface area (Å²) in [7, 11) is 0. The summed E-state index contributed by atoms with van der Waals surface area (Å²) in [5.41, 5.74) is 2.52. The van der Waals surface area contributed by atoms with Gasteiger partial charge in [0.15, 0.2) is 0 Å². The van der Waals surface area contributed by atoms with E-state index in [0.29, 0.717) is 6.04 Å². The Balaban J connectivity index is 2.33. The summed E-state index contributed by atoms with van der Waals surface area (Å²) in [6, 6.07) is 6.75. The molecule has 2 atom stereocenters. The molecule has 0 spiro atoms. The monoisotopic (exact) mass is 315 g/mol. The predicted molar refractivity (Wildman–Crippen MR) is 79.3 cm³/mol. The maximum absolute atomic E-state index is 6.38. The van der Waals surface area contributed by atoms with Gasteiger partial charge in [-0.3, -0.25) is 0 Å². The van der Waals surface area contributed by atoms with Crippen LogP contribution < -0.4 is 4.90 Å². The molecule has 2 unspecified atom stereocenters. The average Bonchev–Trinajstić information content (AvgIpc) is 2.30. The van der Waals surface area contributed by atoms with Crippen LogP contribution in [0.1, 0.15) is 32.3 Å². The highest BCUT2D eigenvalue weighted by Crippen LogP contribution is 2.36. The maximum Gasteiger partial charge on any atom is 0.0642 e. The molecule has 0 amide bonds. The highest BCUT2D eigenvalue weighted by atomic mass is 79.9. The number of alkyl halides is 1. The molecule has 0 N–H and O–H groups in total. The van der Waals surface area contributed by atoms with Gasteiger partial charge in [-0.2, -0.15) is 0 Å². The van der Waals surface area contributed by atoms with E-state index in [4.69, 9.17) is 11.6 Å². The molecule has 94 valence electrons. The van der Waals surface area contributed by atoms with Crippen molar-refractivity contribution in [2.24, 2.45) is 5.92 Å². The van der Waals surface area contributed by atoms with E-state index >= 15 is 0 Å². The molecule has 1 heterocycles. The third-order valence-corrected chi connectivity index (χ3v) is 4.55. The molecule has 0 aliphatic carbocycles. The second kappa shape index (κ2) is 5.62. The number of benzene rings is 1. The molecule has 0 saturated carbocycles. The van der Waals surface area contributed by atoms with E-state index in [2.05, 4.69) is 40.7 Å². The molecule has 1 aliphatic heterocycles. The zero-order chi connectivity index (χ0) is 12.4. The fraction of sp³-hybridized carbons (Fsp3) is 0.571. The first kappa shape index (κ1) is 13.2. The van der Waals surface area contributed by atoms with Crippen molar-refractivity contribution in [3.8, 4) is 0 Å². The Hall–Kier alpha value is -0.210. The van der Waals surface area contributed by atoms with Crippen LogP contribution in [0.5, 0.6) is 0 Å². The molecule has 1 fully saturated rings. The first-order chi connectivity index (χ1) is 8.13. The fourth-order valence-corrected chi connectivity index (χ4v) is 3.48. The molecule has 1 aliphatic rings. The molecule has 0 radical (unpaired) electrons. The van der Waals surface area contributed by atoms with Crippen molar-refractivity contribution >= 4 is 33.2 Å². The number of halogens is 2. The average molecular weight is 317 g/mol. The Labute approximate surface area is 117 Å². The van der Waals surface area contributed by atoms with Gasteiger partial charge in [-0.25, -0.2) is 0 Å². The van der Waals surface area contributed by atoms with Crippen molar-refractivity contribution < 1.29 is 0 Å². The zero-order valence-corrected chi connectivity index (χ0v) is 12.8. The maximum atomic E-state index is 6.38. The van der Waals surface area contributed by atoms with Gasteiger partial charge in [-0.1, -0.05) is 46.6 Å². The normalized spacial score (nSPS) is 25.1. The summed E-state index contributed by atoms with van der Waals surface area (Å²) in [4.78, 5) is 2.47. The number of piperidine rings is 1. The first-order valence-electron chi connectivity index (χ1n) is 6.23. The number of nitrogens with zero attached hydrogens (tertiary/aromatic N) is 1. The summed E-state index contributed by atoms with van der Waals surface area (Å²) in [6.07, 6.45) is 2.52. The zero-order valence-electron chi connectivity index (χ0n) is 10.4. The summed E-state index contributed by atoms with van der Waals surface area (Å²) in [6.45, 7) is 5.76. The second-order valence-corrected chi connectivity index (χ2v) is 6.02. The number of hydrogen-bond donors (Lipinski definition) is 0. The quantitative estimate of drug-likeness (QED) is 0.704. The molecule has 17 heavy (non-hydrogen) atoms. The Kier molecular flexibility index (Phi) is 4.37. The molecule has 1 nitrogen and oxygen atoms in total. The summed E-state index contributed by atoms with van der Waals surface area (Å²) in [5, 5.41) is 1.74. The lowest BCUT2D eigenvalue weighted by molar-refractivity contribution is 0.377. The largest absolute Gasteiger partial charge is 0.367 e. The molecular formula is C14H19BrClN. The van der Waals surface area contributed by atoms with Gasteiger partial charge in [-0.15, -0.1) is 0 Å². The topological polar surface area (TPSA) is 3.24 Å². The molecule has 3 heteroatoms. The number of para-hydroxylation sites is 1. The lowest BCUT2D eigenvalue weighted by Crippen LogP contribution is -2.40. The van der Waals surface area contributed by atoms with Gasteiger partial charge in [0, 0.05) is 17.9 Å². The smallest absolute Gasteiger partial charge is 0.0642 e. The molecule has 1 aromatic carbocycles. The van der Waals surface area contributed by atoms with Gasteiger partial charge in [-0.05, 0) is 37.3 Å². The highest BCUT2D eigenvalue weighted by Gasteiger charge is 2.25. The van der Waals surface area contributed by atoms with Crippen molar-refractivity contribution in [2.45, 2.75) is 38.1 Å². The Bertz CT molecular complexity index is 394. The molecular weight excluding hydrogens is 298 g/mol. The predicted octanol–water partition coefficient (Wildman–Crippen LogP) is 4.86. The van der Waals surface area contributed by atoms with Gasteiger partial charge in [0.2, 0.25) is 0 Å². The summed E-state index contributed by atoms with van der Waals surface area (Å²) < 4.78 is 0. The van der Waals surface area contributed by atoms with Crippen molar-refractivity contribution in [3.63, 3.8) is 0 Å². The van der Waals surface area contributed by atoms with Gasteiger partial charge >= 0.3 is 0 Å². The van der Waals surface area contributed by atoms with Crippen molar-refractivity contribution in [1.29, 1.82) is 0 Å². The van der Waals surface area contributed by atoms with Gasteiger partial charge < -0.3 is 4.90 Å². The highest BCUT2D eigenvalue weighted by molar-refractivity contribution is 9.08. The molecule has 1 aromatic rings. The number of rotatable bonds is 2. The van der Waals surface area contributed by atoms with E-state index in [1.54, 1.807) is 0 Å². The van der Waals surface area contributed by atoms with Crippen LogP contribution in [-0.2, 0) is 5.33 Å². The number of hydrogen-bond acceptors (Lipinski definition) is 1.